The van der Waals surface area contributed by atoms with E-state index >= 15 is 0 Å². The van der Waals surface area contributed by atoms with Crippen LogP contribution in [-0.4, -0.2) is 5.11 Å². The molecule has 0 aliphatic carbocycles. The number of aliphatic hydroxyl groups excluding tert-OH is 1. The Bertz CT molecular complexity index is 545. The molecule has 0 saturated heterocycles. The Morgan fingerprint density at radius 3 is 2.41 bits per heavy atom. The summed E-state index contributed by atoms with van der Waals surface area (Å²) in [5, 5.41) is 10.5. The molecule has 4 heteroatoms. The standard InChI is InChI=1S/C13H9BrClFO/c14-10-6-3-5-9(12(10)16)13(17)8-4-1-2-7-11(8)15/h1-7,13,17H/t13-/m1/s1. The van der Waals surface area contributed by atoms with Gasteiger partial charge < -0.3 is 5.11 Å². The minimum atomic E-state index is -1.07. The highest BCUT2D eigenvalue weighted by molar-refractivity contribution is 9.10. The second-order valence-electron chi connectivity index (χ2n) is 3.57. The fraction of sp³-hybridized carbons (Fsp3) is 0.0769. The van der Waals surface area contributed by atoms with Gasteiger partial charge in [-0.25, -0.2) is 4.39 Å². The summed E-state index contributed by atoms with van der Waals surface area (Å²) < 4.78 is 14.1. The molecule has 0 amide bonds. The summed E-state index contributed by atoms with van der Waals surface area (Å²) in [6.45, 7) is 0. The van der Waals surface area contributed by atoms with Gasteiger partial charge in [-0.05, 0) is 28.1 Å². The Kier molecular flexibility index (Phi) is 3.82. The van der Waals surface area contributed by atoms with Gasteiger partial charge in [0.25, 0.3) is 0 Å². The topological polar surface area (TPSA) is 20.2 Å². The van der Waals surface area contributed by atoms with Gasteiger partial charge in [-0.3, -0.25) is 0 Å². The summed E-state index contributed by atoms with van der Waals surface area (Å²) in [5.74, 6) is -0.472. The quantitative estimate of drug-likeness (QED) is 0.875. The second kappa shape index (κ2) is 5.17. The van der Waals surface area contributed by atoms with Crippen molar-refractivity contribution in [3.8, 4) is 0 Å². The van der Waals surface area contributed by atoms with Crippen LogP contribution in [0.5, 0.6) is 0 Å². The van der Waals surface area contributed by atoms with E-state index in [1.165, 1.54) is 6.07 Å². The summed E-state index contributed by atoms with van der Waals surface area (Å²) >= 11 is 9.05. The molecule has 0 spiro atoms. The lowest BCUT2D eigenvalue weighted by Crippen LogP contribution is -2.03. The summed E-state index contributed by atoms with van der Waals surface area (Å²) in [5.41, 5.74) is 0.693. The van der Waals surface area contributed by atoms with Gasteiger partial charge in [-0.15, -0.1) is 0 Å². The third kappa shape index (κ3) is 2.51. The van der Waals surface area contributed by atoms with Gasteiger partial charge in [0, 0.05) is 16.1 Å². The minimum absolute atomic E-state index is 0.201. The maximum Gasteiger partial charge on any atom is 0.143 e. The Morgan fingerprint density at radius 1 is 1.06 bits per heavy atom. The summed E-state index contributed by atoms with van der Waals surface area (Å²) in [4.78, 5) is 0. The Labute approximate surface area is 112 Å². The average molecular weight is 316 g/mol. The number of aliphatic hydroxyl groups is 1. The molecule has 0 aromatic heterocycles. The van der Waals surface area contributed by atoms with E-state index in [0.29, 0.717) is 15.1 Å². The van der Waals surface area contributed by atoms with Crippen molar-refractivity contribution in [2.75, 3.05) is 0 Å². The van der Waals surface area contributed by atoms with E-state index in [1.54, 1.807) is 36.4 Å². The largest absolute Gasteiger partial charge is 0.383 e. The lowest BCUT2D eigenvalue weighted by Gasteiger charge is -2.14. The van der Waals surface area contributed by atoms with Crippen LogP contribution in [0.25, 0.3) is 0 Å². The van der Waals surface area contributed by atoms with Crippen LogP contribution in [0.2, 0.25) is 5.02 Å². The number of hydrogen-bond acceptors (Lipinski definition) is 1. The van der Waals surface area contributed by atoms with Gasteiger partial charge in [0.1, 0.15) is 11.9 Å². The first-order valence-corrected chi connectivity index (χ1v) is 6.14. The third-order valence-corrected chi connectivity index (χ3v) is 3.43. The van der Waals surface area contributed by atoms with E-state index in [4.69, 9.17) is 11.6 Å². The molecule has 0 heterocycles. The van der Waals surface area contributed by atoms with Gasteiger partial charge in [-0.2, -0.15) is 0 Å². The molecule has 0 fully saturated rings. The Balaban J connectivity index is 2.48. The molecule has 1 N–H and O–H groups in total. The third-order valence-electron chi connectivity index (χ3n) is 2.48. The molecule has 0 saturated carbocycles. The minimum Gasteiger partial charge on any atom is -0.383 e. The summed E-state index contributed by atoms with van der Waals surface area (Å²) in [7, 11) is 0. The fourth-order valence-electron chi connectivity index (χ4n) is 1.60. The van der Waals surface area contributed by atoms with E-state index in [1.807, 2.05) is 0 Å². The zero-order valence-corrected chi connectivity index (χ0v) is 11.0. The maximum absolute atomic E-state index is 13.8. The first-order valence-electron chi connectivity index (χ1n) is 4.97. The van der Waals surface area contributed by atoms with Crippen LogP contribution in [0.1, 0.15) is 17.2 Å². The van der Waals surface area contributed by atoms with Crippen molar-refractivity contribution < 1.29 is 9.50 Å². The molecule has 0 aliphatic rings. The van der Waals surface area contributed by atoms with Crippen LogP contribution < -0.4 is 0 Å². The maximum atomic E-state index is 13.8. The number of hydrogen-bond donors (Lipinski definition) is 1. The van der Waals surface area contributed by atoms with Crippen molar-refractivity contribution in [3.05, 3.63) is 68.9 Å². The van der Waals surface area contributed by atoms with Crippen molar-refractivity contribution in [2.45, 2.75) is 6.10 Å². The first-order chi connectivity index (χ1) is 8.11. The molecule has 0 bridgehead atoms. The predicted octanol–water partition coefficient (Wildman–Crippen LogP) is 4.32. The first kappa shape index (κ1) is 12.6. The van der Waals surface area contributed by atoms with Crippen molar-refractivity contribution in [2.24, 2.45) is 0 Å². The predicted molar refractivity (Wildman–Crippen MR) is 69.6 cm³/mol. The van der Waals surface area contributed by atoms with Crippen molar-refractivity contribution >= 4 is 27.5 Å². The Hall–Kier alpha value is -0.900. The molecule has 0 unspecified atom stereocenters. The number of benzene rings is 2. The van der Waals surface area contributed by atoms with E-state index in [-0.39, 0.29) is 5.56 Å². The molecule has 1 nitrogen and oxygen atoms in total. The number of halogens is 3. The van der Waals surface area contributed by atoms with Crippen molar-refractivity contribution in [3.63, 3.8) is 0 Å². The second-order valence-corrected chi connectivity index (χ2v) is 4.83. The van der Waals surface area contributed by atoms with Crippen LogP contribution in [0.15, 0.2) is 46.9 Å². The van der Waals surface area contributed by atoms with Crippen LogP contribution in [0, 0.1) is 5.82 Å². The van der Waals surface area contributed by atoms with Gasteiger partial charge in [0.2, 0.25) is 0 Å². The smallest absolute Gasteiger partial charge is 0.143 e. The molecule has 88 valence electrons. The molecule has 2 aromatic rings. The summed E-state index contributed by atoms with van der Waals surface area (Å²) in [6.07, 6.45) is -1.07. The van der Waals surface area contributed by atoms with Gasteiger partial charge in [0.05, 0.1) is 4.47 Å². The molecule has 2 rings (SSSR count). The molecule has 0 radical (unpaired) electrons. The highest BCUT2D eigenvalue weighted by Gasteiger charge is 2.18. The van der Waals surface area contributed by atoms with Gasteiger partial charge in [0.15, 0.2) is 0 Å². The van der Waals surface area contributed by atoms with Crippen molar-refractivity contribution in [1.29, 1.82) is 0 Å². The zero-order valence-electron chi connectivity index (χ0n) is 8.70. The molecular formula is C13H9BrClFO. The average Bonchev–Trinajstić information content (AvgIpc) is 2.32. The molecular weight excluding hydrogens is 306 g/mol. The monoisotopic (exact) mass is 314 g/mol. The molecule has 0 aliphatic heterocycles. The lowest BCUT2D eigenvalue weighted by atomic mass is 10.0. The normalized spacial score (nSPS) is 12.5. The number of rotatable bonds is 2. The molecule has 1 atom stereocenters. The zero-order chi connectivity index (χ0) is 12.4. The summed E-state index contributed by atoms with van der Waals surface area (Å²) in [6, 6.07) is 11.6. The fourth-order valence-corrected chi connectivity index (χ4v) is 2.22. The molecule has 17 heavy (non-hydrogen) atoms. The highest BCUT2D eigenvalue weighted by atomic mass is 79.9. The Morgan fingerprint density at radius 2 is 1.71 bits per heavy atom. The SMILES string of the molecule is O[C@H](c1ccccc1Cl)c1cccc(Br)c1F. The van der Waals surface area contributed by atoms with Crippen LogP contribution in [0.3, 0.4) is 0 Å². The van der Waals surface area contributed by atoms with Crippen molar-refractivity contribution in [1.82, 2.24) is 0 Å². The van der Waals surface area contributed by atoms with E-state index < -0.39 is 11.9 Å². The van der Waals surface area contributed by atoms with Crippen LogP contribution >= 0.6 is 27.5 Å². The molecule has 2 aromatic carbocycles. The van der Waals surface area contributed by atoms with E-state index in [2.05, 4.69) is 15.9 Å². The van der Waals surface area contributed by atoms with E-state index in [9.17, 15) is 9.50 Å². The van der Waals surface area contributed by atoms with Crippen LogP contribution in [0.4, 0.5) is 4.39 Å². The van der Waals surface area contributed by atoms with Gasteiger partial charge in [-0.1, -0.05) is 41.9 Å². The highest BCUT2D eigenvalue weighted by Crippen LogP contribution is 2.31. The van der Waals surface area contributed by atoms with Gasteiger partial charge >= 0.3 is 0 Å². The van der Waals surface area contributed by atoms with Crippen LogP contribution in [-0.2, 0) is 0 Å². The van der Waals surface area contributed by atoms with E-state index in [0.717, 1.165) is 0 Å². The lowest BCUT2D eigenvalue weighted by molar-refractivity contribution is 0.215.